The molecule has 22 heavy (non-hydrogen) atoms. The Bertz CT molecular complexity index is 692. The van der Waals surface area contributed by atoms with Gasteiger partial charge in [-0.15, -0.1) is 0 Å². The predicted molar refractivity (Wildman–Crippen MR) is 72.8 cm³/mol. The standard InChI is InChI=1S/C15H12F2N2O3/c1-22-15(21)13(11-8-10(16)2-3-12(11)17)19-14(20)9-4-6-18-7-5-9/h2-8,13H,1H3,(H,19,20)/t13-/m1/s1. The summed E-state index contributed by atoms with van der Waals surface area (Å²) in [4.78, 5) is 27.6. The fraction of sp³-hybridized carbons (Fsp3) is 0.133. The number of hydrogen-bond donors (Lipinski definition) is 1. The Balaban J connectivity index is 2.33. The van der Waals surface area contributed by atoms with Crippen molar-refractivity contribution >= 4 is 11.9 Å². The lowest BCUT2D eigenvalue weighted by Gasteiger charge is -2.17. The summed E-state index contributed by atoms with van der Waals surface area (Å²) < 4.78 is 31.7. The largest absolute Gasteiger partial charge is 0.467 e. The van der Waals surface area contributed by atoms with Gasteiger partial charge in [0.05, 0.1) is 7.11 Å². The maximum Gasteiger partial charge on any atom is 0.333 e. The van der Waals surface area contributed by atoms with Crippen LogP contribution in [0.25, 0.3) is 0 Å². The molecule has 0 fully saturated rings. The summed E-state index contributed by atoms with van der Waals surface area (Å²) in [6.07, 6.45) is 2.79. The van der Waals surface area contributed by atoms with Crippen LogP contribution in [0, 0.1) is 11.6 Å². The molecule has 2 rings (SSSR count). The van der Waals surface area contributed by atoms with E-state index >= 15 is 0 Å². The van der Waals surface area contributed by atoms with Crippen LogP contribution in [-0.2, 0) is 9.53 Å². The third-order valence-corrected chi connectivity index (χ3v) is 2.92. The Morgan fingerprint density at radius 2 is 1.86 bits per heavy atom. The van der Waals surface area contributed by atoms with Gasteiger partial charge in [-0.3, -0.25) is 9.78 Å². The molecule has 1 heterocycles. The molecule has 1 atom stereocenters. The van der Waals surface area contributed by atoms with Gasteiger partial charge in [-0.2, -0.15) is 0 Å². The smallest absolute Gasteiger partial charge is 0.333 e. The maximum atomic E-state index is 13.8. The van der Waals surface area contributed by atoms with Crippen molar-refractivity contribution < 1.29 is 23.1 Å². The van der Waals surface area contributed by atoms with Crippen LogP contribution in [0.1, 0.15) is 22.0 Å². The average molecular weight is 306 g/mol. The summed E-state index contributed by atoms with van der Waals surface area (Å²) in [6, 6.07) is 4.01. The number of rotatable bonds is 4. The number of nitrogens with zero attached hydrogens (tertiary/aromatic N) is 1. The van der Waals surface area contributed by atoms with Crippen LogP contribution in [0.3, 0.4) is 0 Å². The molecule has 0 unspecified atom stereocenters. The minimum atomic E-state index is -1.46. The van der Waals surface area contributed by atoms with Crippen LogP contribution in [0.4, 0.5) is 8.78 Å². The molecule has 5 nitrogen and oxygen atoms in total. The zero-order chi connectivity index (χ0) is 16.1. The van der Waals surface area contributed by atoms with Gasteiger partial charge >= 0.3 is 5.97 Å². The number of methoxy groups -OCH3 is 1. The van der Waals surface area contributed by atoms with Gasteiger partial charge in [-0.1, -0.05) is 0 Å². The molecule has 0 radical (unpaired) electrons. The third kappa shape index (κ3) is 3.43. The fourth-order valence-corrected chi connectivity index (χ4v) is 1.84. The number of carbonyl (C=O) groups excluding carboxylic acids is 2. The van der Waals surface area contributed by atoms with Crippen molar-refractivity contribution in [2.75, 3.05) is 7.11 Å². The molecule has 0 aliphatic rings. The van der Waals surface area contributed by atoms with Gasteiger partial charge in [0.1, 0.15) is 11.6 Å². The number of carbonyl (C=O) groups is 2. The Kier molecular flexibility index (Phi) is 4.77. The van der Waals surface area contributed by atoms with E-state index in [1.54, 1.807) is 0 Å². The molecule has 0 saturated carbocycles. The van der Waals surface area contributed by atoms with Gasteiger partial charge < -0.3 is 10.1 Å². The first-order valence-electron chi connectivity index (χ1n) is 6.26. The number of nitrogens with one attached hydrogen (secondary N) is 1. The minimum absolute atomic E-state index is 0.223. The first-order chi connectivity index (χ1) is 10.5. The van der Waals surface area contributed by atoms with E-state index in [1.165, 1.54) is 24.5 Å². The van der Waals surface area contributed by atoms with Crippen molar-refractivity contribution in [2.24, 2.45) is 0 Å². The molecule has 0 aliphatic heterocycles. The lowest BCUT2D eigenvalue weighted by Crippen LogP contribution is -2.35. The molecule has 1 aromatic heterocycles. The second-order valence-corrected chi connectivity index (χ2v) is 4.33. The highest BCUT2D eigenvalue weighted by Gasteiger charge is 2.27. The van der Waals surface area contributed by atoms with E-state index in [4.69, 9.17) is 0 Å². The molecule has 0 aliphatic carbocycles. The lowest BCUT2D eigenvalue weighted by atomic mass is 10.1. The van der Waals surface area contributed by atoms with E-state index in [0.29, 0.717) is 0 Å². The normalized spacial score (nSPS) is 11.6. The minimum Gasteiger partial charge on any atom is -0.467 e. The van der Waals surface area contributed by atoms with Gasteiger partial charge in [-0.25, -0.2) is 13.6 Å². The number of halogens is 2. The Hall–Kier alpha value is -2.83. The van der Waals surface area contributed by atoms with E-state index in [-0.39, 0.29) is 11.1 Å². The SMILES string of the molecule is COC(=O)[C@H](NC(=O)c1ccncc1)c1cc(F)ccc1F. The summed E-state index contributed by atoms with van der Waals surface area (Å²) in [7, 11) is 1.09. The van der Waals surface area contributed by atoms with Gasteiger partial charge in [0, 0.05) is 23.5 Å². The molecule has 2 aromatic rings. The molecule has 1 amide bonds. The highest BCUT2D eigenvalue weighted by molar-refractivity contribution is 5.96. The van der Waals surface area contributed by atoms with Gasteiger partial charge in [-0.05, 0) is 30.3 Å². The van der Waals surface area contributed by atoms with Crippen LogP contribution >= 0.6 is 0 Å². The number of benzene rings is 1. The van der Waals surface area contributed by atoms with Crippen molar-refractivity contribution in [3.63, 3.8) is 0 Å². The van der Waals surface area contributed by atoms with E-state index in [0.717, 1.165) is 25.3 Å². The molecule has 0 bridgehead atoms. The second kappa shape index (κ2) is 6.75. The van der Waals surface area contributed by atoms with Crippen LogP contribution < -0.4 is 5.32 Å². The van der Waals surface area contributed by atoms with Crippen LogP contribution in [0.5, 0.6) is 0 Å². The molecule has 0 spiro atoms. The van der Waals surface area contributed by atoms with Crippen LogP contribution in [-0.4, -0.2) is 24.0 Å². The first kappa shape index (κ1) is 15.6. The van der Waals surface area contributed by atoms with Gasteiger partial charge in [0.2, 0.25) is 0 Å². The number of hydrogen-bond acceptors (Lipinski definition) is 4. The first-order valence-corrected chi connectivity index (χ1v) is 6.26. The average Bonchev–Trinajstić information content (AvgIpc) is 2.55. The van der Waals surface area contributed by atoms with E-state index < -0.39 is 29.6 Å². The molecule has 0 saturated heterocycles. The molecule has 1 N–H and O–H groups in total. The molecule has 114 valence electrons. The lowest BCUT2D eigenvalue weighted by molar-refractivity contribution is -0.143. The van der Waals surface area contributed by atoms with Crippen molar-refractivity contribution in [1.82, 2.24) is 10.3 Å². The maximum absolute atomic E-state index is 13.8. The number of ether oxygens (including phenoxy) is 1. The Morgan fingerprint density at radius 3 is 2.50 bits per heavy atom. The monoisotopic (exact) mass is 306 g/mol. The highest BCUT2D eigenvalue weighted by Crippen LogP contribution is 2.20. The van der Waals surface area contributed by atoms with Crippen LogP contribution in [0.2, 0.25) is 0 Å². The van der Waals surface area contributed by atoms with Gasteiger partial charge in [0.25, 0.3) is 5.91 Å². The number of pyridine rings is 1. The Morgan fingerprint density at radius 1 is 1.18 bits per heavy atom. The quantitative estimate of drug-likeness (QED) is 0.877. The van der Waals surface area contributed by atoms with Crippen molar-refractivity contribution in [3.8, 4) is 0 Å². The zero-order valence-electron chi connectivity index (χ0n) is 11.5. The van der Waals surface area contributed by atoms with E-state index in [2.05, 4.69) is 15.0 Å². The molecular weight excluding hydrogens is 294 g/mol. The Labute approximate surface area is 124 Å². The molecule has 7 heteroatoms. The van der Waals surface area contributed by atoms with Crippen molar-refractivity contribution in [2.45, 2.75) is 6.04 Å². The fourth-order valence-electron chi connectivity index (χ4n) is 1.84. The predicted octanol–water partition coefficient (Wildman–Crippen LogP) is 2.00. The third-order valence-electron chi connectivity index (χ3n) is 2.92. The highest BCUT2D eigenvalue weighted by atomic mass is 19.1. The topological polar surface area (TPSA) is 68.3 Å². The molecule has 1 aromatic carbocycles. The summed E-state index contributed by atoms with van der Waals surface area (Å²) in [5, 5.41) is 2.32. The van der Waals surface area contributed by atoms with E-state index in [9.17, 15) is 18.4 Å². The summed E-state index contributed by atoms with van der Waals surface area (Å²) in [5.41, 5.74) is -0.0880. The summed E-state index contributed by atoms with van der Waals surface area (Å²) in [5.74, 6) is -3.11. The summed E-state index contributed by atoms with van der Waals surface area (Å²) in [6.45, 7) is 0. The summed E-state index contributed by atoms with van der Waals surface area (Å²) >= 11 is 0. The van der Waals surface area contributed by atoms with Gasteiger partial charge in [0.15, 0.2) is 6.04 Å². The number of esters is 1. The van der Waals surface area contributed by atoms with E-state index in [1.807, 2.05) is 0 Å². The number of amides is 1. The van der Waals surface area contributed by atoms with Crippen molar-refractivity contribution in [1.29, 1.82) is 0 Å². The van der Waals surface area contributed by atoms with Crippen molar-refractivity contribution in [3.05, 3.63) is 65.5 Å². The second-order valence-electron chi connectivity index (χ2n) is 4.33. The number of aromatic nitrogens is 1. The zero-order valence-corrected chi connectivity index (χ0v) is 11.5. The molecular formula is C15H12F2N2O3. The van der Waals surface area contributed by atoms with Crippen LogP contribution in [0.15, 0.2) is 42.7 Å².